The SMILES string of the molecule is C[C@H]1CN(c2nc(=O)n3c4c(c(Br)c(Cl)cc24)OC[C@@H]3CN2CCN(C)CC2)[C@@H](C)CN1C(=O)OC(C)(C)C. The summed E-state index contributed by atoms with van der Waals surface area (Å²) < 4.78 is 14.4. The van der Waals surface area contributed by atoms with Gasteiger partial charge in [0.2, 0.25) is 0 Å². The summed E-state index contributed by atoms with van der Waals surface area (Å²) >= 11 is 10.2. The van der Waals surface area contributed by atoms with Crippen molar-refractivity contribution in [2.24, 2.45) is 0 Å². The molecule has 39 heavy (non-hydrogen) atoms. The van der Waals surface area contributed by atoms with Crippen molar-refractivity contribution in [2.45, 2.75) is 58.3 Å². The van der Waals surface area contributed by atoms with Crippen LogP contribution in [-0.4, -0.2) is 107 Å². The summed E-state index contributed by atoms with van der Waals surface area (Å²) in [5.74, 6) is 1.13. The minimum atomic E-state index is -0.575. The van der Waals surface area contributed by atoms with E-state index in [0.717, 1.165) is 31.6 Å². The highest BCUT2D eigenvalue weighted by Crippen LogP contribution is 2.44. The Kier molecular flexibility index (Phi) is 7.82. The highest BCUT2D eigenvalue weighted by molar-refractivity contribution is 9.10. The molecule has 3 aliphatic rings. The zero-order valence-corrected chi connectivity index (χ0v) is 25.9. The van der Waals surface area contributed by atoms with Crippen LogP contribution in [0.2, 0.25) is 5.02 Å². The monoisotopic (exact) mass is 624 g/mol. The van der Waals surface area contributed by atoms with Gasteiger partial charge in [0.1, 0.15) is 23.5 Å². The zero-order chi connectivity index (χ0) is 28.2. The number of aromatic nitrogens is 2. The molecule has 1 amide bonds. The second-order valence-electron chi connectivity index (χ2n) is 12.0. The Morgan fingerprint density at radius 3 is 2.54 bits per heavy atom. The van der Waals surface area contributed by atoms with E-state index in [0.29, 0.717) is 52.8 Å². The molecule has 12 heteroatoms. The third kappa shape index (κ3) is 5.60. The zero-order valence-electron chi connectivity index (χ0n) is 23.5. The van der Waals surface area contributed by atoms with Crippen molar-refractivity contribution in [3.63, 3.8) is 0 Å². The number of amides is 1. The van der Waals surface area contributed by atoms with E-state index in [1.807, 2.05) is 40.7 Å². The summed E-state index contributed by atoms with van der Waals surface area (Å²) in [5.41, 5.74) is -0.167. The van der Waals surface area contributed by atoms with E-state index in [1.165, 1.54) is 0 Å². The molecule has 1 aromatic carbocycles. The van der Waals surface area contributed by atoms with Gasteiger partial charge in [-0.15, -0.1) is 0 Å². The molecule has 2 fully saturated rings. The first-order chi connectivity index (χ1) is 18.3. The molecule has 0 unspecified atom stereocenters. The smallest absolute Gasteiger partial charge is 0.410 e. The van der Waals surface area contributed by atoms with E-state index < -0.39 is 5.60 Å². The van der Waals surface area contributed by atoms with Crippen molar-refractivity contribution in [3.05, 3.63) is 26.0 Å². The number of rotatable bonds is 3. The van der Waals surface area contributed by atoms with Gasteiger partial charge in [0, 0.05) is 63.3 Å². The van der Waals surface area contributed by atoms with E-state index in [4.69, 9.17) is 21.1 Å². The number of halogens is 2. The molecule has 1 aromatic heterocycles. The molecule has 10 nitrogen and oxygen atoms in total. The van der Waals surface area contributed by atoms with Crippen molar-refractivity contribution in [3.8, 4) is 5.75 Å². The summed E-state index contributed by atoms with van der Waals surface area (Å²) in [4.78, 5) is 39.8. The Morgan fingerprint density at radius 1 is 1.18 bits per heavy atom. The van der Waals surface area contributed by atoms with E-state index in [-0.39, 0.29) is 29.9 Å². The normalized spacial score (nSPS) is 24.7. The number of nitrogens with zero attached hydrogens (tertiary/aromatic N) is 6. The van der Waals surface area contributed by atoms with Gasteiger partial charge in [-0.1, -0.05) is 11.6 Å². The van der Waals surface area contributed by atoms with Gasteiger partial charge in [-0.25, -0.2) is 9.59 Å². The van der Waals surface area contributed by atoms with Crippen LogP contribution in [0.1, 0.15) is 40.7 Å². The van der Waals surface area contributed by atoms with E-state index >= 15 is 0 Å². The molecule has 214 valence electrons. The summed E-state index contributed by atoms with van der Waals surface area (Å²) in [6.45, 7) is 15.5. The standard InChI is InChI=1S/C27H38BrClN6O4/c1-16-13-34(26(37)39-27(3,4)5)17(2)12-33(16)24-19-11-20(29)21(28)23-22(19)35(25(36)30-24)18(15-38-23)14-32-9-7-31(6)8-10-32/h11,16-18H,7-10,12-15H2,1-6H3/t16-,17-,18-/m0/s1. The number of hydrogen-bond acceptors (Lipinski definition) is 8. The molecule has 0 saturated carbocycles. The van der Waals surface area contributed by atoms with Crippen molar-refractivity contribution < 1.29 is 14.3 Å². The quantitative estimate of drug-likeness (QED) is 0.509. The Labute approximate surface area is 242 Å². The van der Waals surface area contributed by atoms with Gasteiger partial charge in [0.25, 0.3) is 0 Å². The van der Waals surface area contributed by atoms with E-state index in [1.54, 1.807) is 9.47 Å². The average Bonchev–Trinajstić information content (AvgIpc) is 2.85. The Bertz CT molecular complexity index is 1320. The average molecular weight is 626 g/mol. The van der Waals surface area contributed by atoms with Crippen LogP contribution < -0.4 is 15.3 Å². The summed E-state index contributed by atoms with van der Waals surface area (Å²) in [7, 11) is 2.13. The van der Waals surface area contributed by atoms with Gasteiger partial charge < -0.3 is 24.2 Å². The van der Waals surface area contributed by atoms with Gasteiger partial charge in [-0.05, 0) is 63.7 Å². The van der Waals surface area contributed by atoms with Crippen LogP contribution >= 0.6 is 27.5 Å². The number of carbonyl (C=O) groups is 1. The van der Waals surface area contributed by atoms with E-state index in [9.17, 15) is 9.59 Å². The first-order valence-corrected chi connectivity index (χ1v) is 14.8. The maximum absolute atomic E-state index is 13.7. The molecule has 0 radical (unpaired) electrons. The largest absolute Gasteiger partial charge is 0.488 e. The van der Waals surface area contributed by atoms with Crippen LogP contribution in [0, 0.1) is 0 Å². The maximum atomic E-state index is 13.7. The molecular formula is C27H38BrClN6O4. The van der Waals surface area contributed by atoms with Gasteiger partial charge in [0.15, 0.2) is 5.75 Å². The third-order valence-corrected chi connectivity index (χ3v) is 9.09. The highest BCUT2D eigenvalue weighted by atomic mass is 79.9. The van der Waals surface area contributed by atoms with Crippen LogP contribution in [0.4, 0.5) is 10.6 Å². The molecular weight excluding hydrogens is 588 g/mol. The molecule has 3 atom stereocenters. The Hall–Kier alpha value is -2.08. The molecule has 2 aromatic rings. The highest BCUT2D eigenvalue weighted by Gasteiger charge is 2.38. The lowest BCUT2D eigenvalue weighted by molar-refractivity contribution is 0.0130. The van der Waals surface area contributed by atoms with Gasteiger partial charge in [0.05, 0.1) is 15.5 Å². The van der Waals surface area contributed by atoms with Gasteiger partial charge >= 0.3 is 11.8 Å². The third-order valence-electron chi connectivity index (χ3n) is 7.78. The lowest BCUT2D eigenvalue weighted by Crippen LogP contribution is -2.59. The lowest BCUT2D eigenvalue weighted by Gasteiger charge is -2.45. The van der Waals surface area contributed by atoms with E-state index in [2.05, 4.69) is 42.7 Å². The summed E-state index contributed by atoms with van der Waals surface area (Å²) in [5, 5.41) is 1.27. The number of hydrogen-bond donors (Lipinski definition) is 0. The molecule has 0 aliphatic carbocycles. The second kappa shape index (κ2) is 10.7. The fourth-order valence-corrected chi connectivity index (χ4v) is 6.32. The molecule has 0 N–H and O–H groups in total. The molecule has 3 aliphatic heterocycles. The van der Waals surface area contributed by atoms with Crippen molar-refractivity contribution in [1.82, 2.24) is 24.3 Å². The summed E-state index contributed by atoms with van der Waals surface area (Å²) in [6, 6.07) is 1.46. The fourth-order valence-electron chi connectivity index (χ4n) is 5.71. The number of piperazine rings is 2. The predicted molar refractivity (Wildman–Crippen MR) is 156 cm³/mol. The lowest BCUT2D eigenvalue weighted by atomic mass is 10.1. The molecule has 0 bridgehead atoms. The second-order valence-corrected chi connectivity index (χ2v) is 13.2. The number of carbonyl (C=O) groups excluding carboxylic acids is 1. The van der Waals surface area contributed by atoms with Crippen LogP contribution in [0.15, 0.2) is 15.3 Å². The number of benzene rings is 1. The predicted octanol–water partition coefficient (Wildman–Crippen LogP) is 3.83. The minimum Gasteiger partial charge on any atom is -0.488 e. The van der Waals surface area contributed by atoms with Crippen molar-refractivity contribution >= 4 is 50.3 Å². The van der Waals surface area contributed by atoms with Crippen LogP contribution in [-0.2, 0) is 4.74 Å². The van der Waals surface area contributed by atoms with Crippen LogP contribution in [0.5, 0.6) is 5.75 Å². The van der Waals surface area contributed by atoms with Crippen molar-refractivity contribution in [2.75, 3.05) is 64.4 Å². The topological polar surface area (TPSA) is 83.4 Å². The molecule has 0 spiro atoms. The number of ether oxygens (including phenoxy) is 2. The Morgan fingerprint density at radius 2 is 1.87 bits per heavy atom. The molecule has 5 rings (SSSR count). The van der Waals surface area contributed by atoms with Gasteiger partial charge in [-0.2, -0.15) is 4.98 Å². The fraction of sp³-hybridized carbons (Fsp3) is 0.667. The van der Waals surface area contributed by atoms with Gasteiger partial charge in [-0.3, -0.25) is 9.47 Å². The van der Waals surface area contributed by atoms with Crippen molar-refractivity contribution in [1.29, 1.82) is 0 Å². The molecule has 2 saturated heterocycles. The minimum absolute atomic E-state index is 0.101. The maximum Gasteiger partial charge on any atom is 0.410 e. The number of anilines is 1. The molecule has 4 heterocycles. The Balaban J connectivity index is 1.52. The van der Waals surface area contributed by atoms with Crippen LogP contribution in [0.25, 0.3) is 10.9 Å². The summed E-state index contributed by atoms with van der Waals surface area (Å²) in [6.07, 6.45) is -0.335. The first kappa shape index (κ1) is 28.4. The first-order valence-electron chi connectivity index (χ1n) is 13.6. The number of likely N-dealkylation sites (N-methyl/N-ethyl adjacent to an activating group) is 1. The van der Waals surface area contributed by atoms with Crippen LogP contribution in [0.3, 0.4) is 0 Å².